The quantitative estimate of drug-likeness (QED) is 0.601. The van der Waals surface area contributed by atoms with Gasteiger partial charge in [0.2, 0.25) is 0 Å². The van der Waals surface area contributed by atoms with E-state index in [1.165, 1.54) is 11.5 Å². The Bertz CT molecular complexity index is 166. The molecule has 1 heterocycles. The summed E-state index contributed by atoms with van der Waals surface area (Å²) in [4.78, 5) is 0. The van der Waals surface area contributed by atoms with Crippen molar-refractivity contribution in [1.29, 1.82) is 0 Å². The van der Waals surface area contributed by atoms with Crippen molar-refractivity contribution < 1.29 is 0 Å². The molecule has 0 N–H and O–H groups in total. The van der Waals surface area contributed by atoms with Crippen LogP contribution in [0.1, 0.15) is 41.5 Å². The molecular weight excluding hydrogens is 303 g/mol. The van der Waals surface area contributed by atoms with Gasteiger partial charge in [-0.1, -0.05) is 0 Å². The van der Waals surface area contributed by atoms with Gasteiger partial charge in [-0.3, -0.25) is 0 Å². The third kappa shape index (κ3) is 2.20. The van der Waals surface area contributed by atoms with Crippen LogP contribution in [-0.4, -0.2) is 27.1 Å². The van der Waals surface area contributed by atoms with Crippen LogP contribution in [0, 0.1) is 0 Å². The summed E-state index contributed by atoms with van der Waals surface area (Å²) in [5, 5.41) is 0. The van der Waals surface area contributed by atoms with E-state index >= 15 is 0 Å². The Morgan fingerprint density at radius 2 is 1.08 bits per heavy atom. The van der Waals surface area contributed by atoms with Crippen LogP contribution in [0.3, 0.4) is 0 Å². The van der Waals surface area contributed by atoms with Gasteiger partial charge < -0.3 is 0 Å². The van der Waals surface area contributed by atoms with Gasteiger partial charge in [-0.2, -0.15) is 0 Å². The fraction of sp³-hybridized carbons (Fsp3) is 1.00. The SMILES string of the molecule is C[C](C)(C)[Sn]1([C](C)(C)C)[S]CC[S]1. The predicted octanol–water partition coefficient (Wildman–Crippen LogP) is 4.51. The molecule has 0 aromatic carbocycles. The number of hydrogen-bond donors (Lipinski definition) is 0. The minimum atomic E-state index is -2.02. The molecule has 0 aromatic heterocycles. The van der Waals surface area contributed by atoms with Crippen LogP contribution < -0.4 is 0 Å². The van der Waals surface area contributed by atoms with Crippen LogP contribution in [0.25, 0.3) is 0 Å². The summed E-state index contributed by atoms with van der Waals surface area (Å²) < 4.78 is 1.19. The standard InChI is InChI=1S/2C4H9.C2H6S2.Sn/c2*1-4(2)3;3-1-2-4;/h2*1-3H3;3-4H,1-2H2;/q;;;+2/p-2. The van der Waals surface area contributed by atoms with Crippen LogP contribution in [0.15, 0.2) is 0 Å². The zero-order chi connectivity index (χ0) is 10.3. The van der Waals surface area contributed by atoms with E-state index in [2.05, 4.69) is 59.4 Å². The summed E-state index contributed by atoms with van der Waals surface area (Å²) in [5.74, 6) is 2.82. The molecule has 0 radical (unpaired) electrons. The predicted molar refractivity (Wildman–Crippen MR) is 70.1 cm³/mol. The second-order valence-corrected chi connectivity index (χ2v) is 34.2. The van der Waals surface area contributed by atoms with Gasteiger partial charge in [-0.15, -0.1) is 0 Å². The topological polar surface area (TPSA) is 0 Å². The van der Waals surface area contributed by atoms with Crippen LogP contribution in [0.5, 0.6) is 0 Å². The molecular formula is C10H22S2Sn. The van der Waals surface area contributed by atoms with Gasteiger partial charge in [0.15, 0.2) is 0 Å². The second-order valence-electron chi connectivity index (χ2n) is 5.81. The molecule has 0 saturated carbocycles. The molecule has 0 bridgehead atoms. The Balaban J connectivity index is 3.02. The van der Waals surface area contributed by atoms with Crippen molar-refractivity contribution in [1.82, 2.24) is 0 Å². The Labute approximate surface area is 92.8 Å². The molecule has 1 rings (SSSR count). The number of hydrogen-bond acceptors (Lipinski definition) is 2. The average Bonchev–Trinajstić information content (AvgIpc) is 2.28. The van der Waals surface area contributed by atoms with Crippen molar-refractivity contribution in [2.45, 2.75) is 48.4 Å². The summed E-state index contributed by atoms with van der Waals surface area (Å²) in [6.45, 7) is 14.8. The molecule has 1 saturated heterocycles. The van der Waals surface area contributed by atoms with Crippen LogP contribution in [-0.2, 0) is 0 Å². The molecule has 1 aliphatic heterocycles. The fourth-order valence-corrected chi connectivity index (χ4v) is 41.7. The molecule has 13 heavy (non-hydrogen) atoms. The van der Waals surface area contributed by atoms with Gasteiger partial charge >= 0.3 is 93.4 Å². The first-order valence-electron chi connectivity index (χ1n) is 4.99. The molecule has 0 nitrogen and oxygen atoms in total. The van der Waals surface area contributed by atoms with E-state index in [1.54, 1.807) is 0 Å². The maximum atomic E-state index is 2.47. The Morgan fingerprint density at radius 3 is 1.23 bits per heavy atom. The van der Waals surface area contributed by atoms with E-state index in [0.717, 1.165) is 0 Å². The van der Waals surface area contributed by atoms with Gasteiger partial charge in [-0.25, -0.2) is 0 Å². The summed E-state index contributed by atoms with van der Waals surface area (Å²) in [6, 6.07) is 0. The number of rotatable bonds is 0. The van der Waals surface area contributed by atoms with E-state index in [0.29, 0.717) is 6.86 Å². The summed E-state index contributed by atoms with van der Waals surface area (Å²) >= 11 is -2.02. The van der Waals surface area contributed by atoms with Crippen molar-refractivity contribution >= 4 is 33.5 Å². The van der Waals surface area contributed by atoms with Crippen molar-refractivity contribution in [2.24, 2.45) is 0 Å². The van der Waals surface area contributed by atoms with Crippen molar-refractivity contribution in [3.63, 3.8) is 0 Å². The minimum absolute atomic E-state index is 0.596. The van der Waals surface area contributed by atoms with Crippen molar-refractivity contribution in [3.8, 4) is 0 Å². The normalized spacial score (nSPS) is 23.5. The van der Waals surface area contributed by atoms with Gasteiger partial charge in [-0.05, 0) is 0 Å². The van der Waals surface area contributed by atoms with Crippen molar-refractivity contribution in [2.75, 3.05) is 11.5 Å². The first kappa shape index (κ1) is 12.6. The van der Waals surface area contributed by atoms with Gasteiger partial charge in [0, 0.05) is 0 Å². The summed E-state index contributed by atoms with van der Waals surface area (Å²) in [5.41, 5.74) is 0. The molecule has 78 valence electrons. The van der Waals surface area contributed by atoms with Crippen LogP contribution in [0.2, 0.25) is 6.86 Å². The molecule has 0 aliphatic carbocycles. The fourth-order valence-electron chi connectivity index (χ4n) is 2.40. The molecule has 1 fully saturated rings. The van der Waals surface area contributed by atoms with Crippen LogP contribution >= 0.6 is 17.9 Å². The third-order valence-corrected chi connectivity index (χ3v) is 47.5. The monoisotopic (exact) mass is 326 g/mol. The molecule has 0 spiro atoms. The average molecular weight is 325 g/mol. The zero-order valence-electron chi connectivity index (χ0n) is 9.73. The molecule has 1 aliphatic rings. The molecule has 0 aromatic rings. The van der Waals surface area contributed by atoms with E-state index in [1.807, 2.05) is 0 Å². The Kier molecular flexibility index (Phi) is 3.69. The first-order chi connectivity index (χ1) is 5.71. The third-order valence-electron chi connectivity index (χ3n) is 2.67. The molecule has 0 unspecified atom stereocenters. The first-order valence-corrected chi connectivity index (χ1v) is 16.8. The molecule has 0 amide bonds. The Morgan fingerprint density at radius 1 is 0.769 bits per heavy atom. The van der Waals surface area contributed by atoms with E-state index in [9.17, 15) is 0 Å². The van der Waals surface area contributed by atoms with Crippen LogP contribution in [0.4, 0.5) is 0 Å². The molecule has 0 atom stereocenters. The van der Waals surface area contributed by atoms with Gasteiger partial charge in [0.25, 0.3) is 0 Å². The maximum absolute atomic E-state index is 2.47. The van der Waals surface area contributed by atoms with Crippen molar-refractivity contribution in [3.05, 3.63) is 0 Å². The van der Waals surface area contributed by atoms with Gasteiger partial charge in [0.1, 0.15) is 0 Å². The van der Waals surface area contributed by atoms with E-state index in [4.69, 9.17) is 0 Å². The zero-order valence-corrected chi connectivity index (χ0v) is 14.2. The summed E-state index contributed by atoms with van der Waals surface area (Å²) in [6.07, 6.45) is 0. The Hall–Kier alpha value is 1.50. The van der Waals surface area contributed by atoms with E-state index in [-0.39, 0.29) is 0 Å². The second kappa shape index (κ2) is 3.82. The summed E-state index contributed by atoms with van der Waals surface area (Å²) in [7, 11) is 4.75. The molecule has 3 heteroatoms. The van der Waals surface area contributed by atoms with Gasteiger partial charge in [0.05, 0.1) is 0 Å². The van der Waals surface area contributed by atoms with E-state index < -0.39 is 15.6 Å².